The minimum atomic E-state index is 0.0746. The number of nitrogens with zero attached hydrogens (tertiary/aromatic N) is 1. The first kappa shape index (κ1) is 16.4. The number of carbonyl (C=O) groups excluding carboxylic acids is 1. The van der Waals surface area contributed by atoms with Crippen molar-refractivity contribution in [1.82, 2.24) is 10.2 Å². The van der Waals surface area contributed by atoms with Crippen molar-refractivity contribution in [2.75, 3.05) is 19.6 Å². The quantitative estimate of drug-likeness (QED) is 0.815. The van der Waals surface area contributed by atoms with E-state index in [0.717, 1.165) is 32.5 Å². The van der Waals surface area contributed by atoms with E-state index in [4.69, 9.17) is 5.73 Å². The molecule has 4 nitrogen and oxygen atoms in total. The number of likely N-dealkylation sites (tertiary alicyclic amines) is 1. The van der Waals surface area contributed by atoms with Gasteiger partial charge in [-0.2, -0.15) is 0 Å². The largest absolute Gasteiger partial charge is 0.356 e. The number of rotatable bonds is 4. The van der Waals surface area contributed by atoms with Crippen molar-refractivity contribution >= 4 is 5.91 Å². The maximum atomic E-state index is 10.9. The van der Waals surface area contributed by atoms with Crippen LogP contribution in [0.4, 0.5) is 0 Å². The Kier molecular flexibility index (Phi) is 5.81. The van der Waals surface area contributed by atoms with Gasteiger partial charge in [-0.1, -0.05) is 20.8 Å². The smallest absolute Gasteiger partial charge is 0.216 e. The van der Waals surface area contributed by atoms with E-state index in [1.807, 2.05) is 0 Å². The summed E-state index contributed by atoms with van der Waals surface area (Å²) in [7, 11) is 0. The summed E-state index contributed by atoms with van der Waals surface area (Å²) < 4.78 is 0. The van der Waals surface area contributed by atoms with Gasteiger partial charge >= 0.3 is 0 Å². The zero-order valence-electron chi connectivity index (χ0n) is 13.2. The van der Waals surface area contributed by atoms with Crippen LogP contribution in [0.1, 0.15) is 47.5 Å². The van der Waals surface area contributed by atoms with Crippen molar-refractivity contribution in [1.29, 1.82) is 0 Å². The molecule has 0 aromatic rings. The second kappa shape index (κ2) is 6.71. The van der Waals surface area contributed by atoms with E-state index in [-0.39, 0.29) is 17.4 Å². The topological polar surface area (TPSA) is 58.4 Å². The van der Waals surface area contributed by atoms with Crippen molar-refractivity contribution in [3.05, 3.63) is 0 Å². The molecule has 1 saturated heterocycles. The fourth-order valence-corrected chi connectivity index (χ4v) is 3.39. The molecule has 0 radical (unpaired) electrons. The van der Waals surface area contributed by atoms with Crippen LogP contribution in [0.5, 0.6) is 0 Å². The normalized spacial score (nSPS) is 22.0. The molecule has 4 heteroatoms. The Morgan fingerprint density at radius 2 is 1.89 bits per heavy atom. The van der Waals surface area contributed by atoms with Gasteiger partial charge in [-0.15, -0.1) is 0 Å². The third-order valence-corrected chi connectivity index (χ3v) is 4.07. The third-order valence-electron chi connectivity index (χ3n) is 4.07. The molecule has 1 amide bonds. The highest BCUT2D eigenvalue weighted by Crippen LogP contribution is 2.29. The number of carbonyl (C=O) groups is 1. The van der Waals surface area contributed by atoms with Crippen LogP contribution in [0.2, 0.25) is 0 Å². The van der Waals surface area contributed by atoms with Crippen molar-refractivity contribution in [2.24, 2.45) is 17.1 Å². The summed E-state index contributed by atoms with van der Waals surface area (Å²) >= 11 is 0. The lowest BCUT2D eigenvalue weighted by molar-refractivity contribution is -0.119. The van der Waals surface area contributed by atoms with Crippen LogP contribution in [0.15, 0.2) is 0 Å². The molecular formula is C15H31N3O. The molecule has 1 rings (SSSR count). The third kappa shape index (κ3) is 5.11. The van der Waals surface area contributed by atoms with Gasteiger partial charge in [0.05, 0.1) is 0 Å². The maximum Gasteiger partial charge on any atom is 0.216 e. The van der Waals surface area contributed by atoms with Gasteiger partial charge in [0.15, 0.2) is 0 Å². The first-order valence-electron chi connectivity index (χ1n) is 7.46. The van der Waals surface area contributed by atoms with E-state index in [9.17, 15) is 4.79 Å². The molecule has 2 atom stereocenters. The summed E-state index contributed by atoms with van der Waals surface area (Å²) in [6.07, 6.45) is 2.30. The molecule has 0 saturated carbocycles. The molecule has 1 fully saturated rings. The second-order valence-corrected chi connectivity index (χ2v) is 7.09. The Labute approximate surface area is 118 Å². The predicted molar refractivity (Wildman–Crippen MR) is 79.9 cm³/mol. The fraction of sp³-hybridized carbons (Fsp3) is 0.933. The Morgan fingerprint density at radius 3 is 2.26 bits per heavy atom. The van der Waals surface area contributed by atoms with Crippen molar-refractivity contribution in [2.45, 2.75) is 59.5 Å². The van der Waals surface area contributed by atoms with Crippen molar-refractivity contribution < 1.29 is 4.79 Å². The highest BCUT2D eigenvalue weighted by Gasteiger charge is 2.35. The summed E-state index contributed by atoms with van der Waals surface area (Å²) in [6.45, 7) is 13.5. The Balaban J connectivity index is 2.49. The number of hydrogen-bond acceptors (Lipinski definition) is 3. The summed E-state index contributed by atoms with van der Waals surface area (Å²) in [4.78, 5) is 13.5. The SMILES string of the molecule is CC(=O)NCC1CCN(C(C(C)N)C(C)(C)C)CC1. The Bertz CT molecular complexity index is 288. The number of hydrogen-bond donors (Lipinski definition) is 2. The molecular weight excluding hydrogens is 238 g/mol. The molecule has 0 spiro atoms. The van der Waals surface area contributed by atoms with Crippen LogP contribution in [-0.2, 0) is 4.79 Å². The predicted octanol–water partition coefficient (Wildman–Crippen LogP) is 1.60. The van der Waals surface area contributed by atoms with Gasteiger partial charge in [-0.05, 0) is 44.2 Å². The molecule has 3 N–H and O–H groups in total. The molecule has 0 aromatic carbocycles. The molecule has 1 aliphatic heterocycles. The van der Waals surface area contributed by atoms with E-state index in [1.165, 1.54) is 0 Å². The van der Waals surface area contributed by atoms with Gasteiger partial charge in [0, 0.05) is 25.6 Å². The number of nitrogens with one attached hydrogen (secondary N) is 1. The van der Waals surface area contributed by atoms with E-state index in [1.54, 1.807) is 6.92 Å². The van der Waals surface area contributed by atoms with E-state index in [0.29, 0.717) is 12.0 Å². The van der Waals surface area contributed by atoms with Gasteiger partial charge in [-0.25, -0.2) is 0 Å². The lowest BCUT2D eigenvalue weighted by Crippen LogP contribution is -2.56. The second-order valence-electron chi connectivity index (χ2n) is 7.09. The van der Waals surface area contributed by atoms with E-state index >= 15 is 0 Å². The van der Waals surface area contributed by atoms with E-state index in [2.05, 4.69) is 37.9 Å². The summed E-state index contributed by atoms with van der Waals surface area (Å²) in [5.41, 5.74) is 6.40. The van der Waals surface area contributed by atoms with Gasteiger partial charge < -0.3 is 11.1 Å². The standard InChI is InChI=1S/C15H31N3O/c1-11(16)14(15(3,4)5)18-8-6-13(7-9-18)10-17-12(2)19/h11,13-14H,6-10,16H2,1-5H3,(H,17,19). The monoisotopic (exact) mass is 269 g/mol. The van der Waals surface area contributed by atoms with Crippen LogP contribution in [-0.4, -0.2) is 42.5 Å². The van der Waals surface area contributed by atoms with Crippen LogP contribution in [0.25, 0.3) is 0 Å². The minimum Gasteiger partial charge on any atom is -0.356 e. The molecule has 112 valence electrons. The zero-order valence-corrected chi connectivity index (χ0v) is 13.2. The number of nitrogens with two attached hydrogens (primary N) is 1. The molecule has 19 heavy (non-hydrogen) atoms. The minimum absolute atomic E-state index is 0.0746. The van der Waals surface area contributed by atoms with Crippen LogP contribution in [0, 0.1) is 11.3 Å². The molecule has 0 aromatic heterocycles. The lowest BCUT2D eigenvalue weighted by Gasteiger charge is -2.45. The molecule has 1 heterocycles. The Hall–Kier alpha value is -0.610. The van der Waals surface area contributed by atoms with Crippen molar-refractivity contribution in [3.8, 4) is 0 Å². The summed E-state index contributed by atoms with van der Waals surface area (Å²) in [5.74, 6) is 0.694. The first-order chi connectivity index (χ1) is 8.71. The average molecular weight is 269 g/mol. The van der Waals surface area contributed by atoms with Crippen LogP contribution >= 0.6 is 0 Å². The fourth-order valence-electron chi connectivity index (χ4n) is 3.39. The molecule has 0 bridgehead atoms. The lowest BCUT2D eigenvalue weighted by atomic mass is 9.80. The maximum absolute atomic E-state index is 10.9. The average Bonchev–Trinajstić information content (AvgIpc) is 2.25. The van der Waals surface area contributed by atoms with Crippen molar-refractivity contribution in [3.63, 3.8) is 0 Å². The van der Waals surface area contributed by atoms with Gasteiger partial charge in [0.25, 0.3) is 0 Å². The Morgan fingerprint density at radius 1 is 1.37 bits per heavy atom. The molecule has 0 aliphatic carbocycles. The van der Waals surface area contributed by atoms with Crippen LogP contribution < -0.4 is 11.1 Å². The van der Waals surface area contributed by atoms with Gasteiger partial charge in [0.1, 0.15) is 0 Å². The zero-order chi connectivity index (χ0) is 14.6. The number of amides is 1. The first-order valence-corrected chi connectivity index (χ1v) is 7.46. The summed E-state index contributed by atoms with van der Waals surface area (Å²) in [5, 5.41) is 2.93. The summed E-state index contributed by atoms with van der Waals surface area (Å²) in [6, 6.07) is 0.612. The van der Waals surface area contributed by atoms with Gasteiger partial charge in [0.2, 0.25) is 5.91 Å². The highest BCUT2D eigenvalue weighted by molar-refractivity contribution is 5.72. The van der Waals surface area contributed by atoms with Gasteiger partial charge in [-0.3, -0.25) is 9.69 Å². The molecule has 2 unspecified atom stereocenters. The van der Waals surface area contributed by atoms with E-state index < -0.39 is 0 Å². The van der Waals surface area contributed by atoms with Crippen LogP contribution in [0.3, 0.4) is 0 Å². The molecule has 1 aliphatic rings. The number of piperidine rings is 1. The highest BCUT2D eigenvalue weighted by atomic mass is 16.1.